The largest absolute Gasteiger partial charge is 0.508 e. The molecule has 2 rings (SSSR count). The molecule has 1 unspecified atom stereocenters. The standard InChI is InChI=1S/C17H17FO2/c1-12(19)14-5-7-15(8-6-14)17(20-2)11-13-3-9-16(18)10-4-13/h3-10,17,19H,1,11H2,2H3. The van der Waals surface area contributed by atoms with Crippen LogP contribution in [0.25, 0.3) is 5.76 Å². The van der Waals surface area contributed by atoms with Crippen molar-refractivity contribution in [1.82, 2.24) is 0 Å². The van der Waals surface area contributed by atoms with Crippen LogP contribution in [0, 0.1) is 5.82 Å². The summed E-state index contributed by atoms with van der Waals surface area (Å²) in [5.74, 6) is -0.197. The topological polar surface area (TPSA) is 29.5 Å². The number of hydrogen-bond acceptors (Lipinski definition) is 2. The Labute approximate surface area is 118 Å². The van der Waals surface area contributed by atoms with Gasteiger partial charge in [0.1, 0.15) is 11.6 Å². The van der Waals surface area contributed by atoms with Crippen molar-refractivity contribution in [2.24, 2.45) is 0 Å². The fourth-order valence-electron chi connectivity index (χ4n) is 2.06. The van der Waals surface area contributed by atoms with Crippen molar-refractivity contribution in [2.45, 2.75) is 12.5 Å². The van der Waals surface area contributed by atoms with Gasteiger partial charge in [0.05, 0.1) is 6.10 Å². The molecule has 0 spiro atoms. The zero-order valence-electron chi connectivity index (χ0n) is 11.3. The van der Waals surface area contributed by atoms with E-state index in [2.05, 4.69) is 6.58 Å². The fraction of sp³-hybridized carbons (Fsp3) is 0.176. The summed E-state index contributed by atoms with van der Waals surface area (Å²) in [7, 11) is 1.65. The summed E-state index contributed by atoms with van der Waals surface area (Å²) in [4.78, 5) is 0. The van der Waals surface area contributed by atoms with Crippen molar-refractivity contribution in [3.8, 4) is 0 Å². The molecule has 2 aromatic carbocycles. The first-order valence-electron chi connectivity index (χ1n) is 6.35. The van der Waals surface area contributed by atoms with Gasteiger partial charge in [-0.3, -0.25) is 0 Å². The molecular formula is C17H17FO2. The first-order chi connectivity index (χ1) is 9.60. The van der Waals surface area contributed by atoms with Crippen LogP contribution in [-0.2, 0) is 11.2 Å². The summed E-state index contributed by atoms with van der Waals surface area (Å²) in [6.45, 7) is 3.48. The molecule has 104 valence electrons. The van der Waals surface area contributed by atoms with Gasteiger partial charge in [0.2, 0.25) is 0 Å². The Hall–Kier alpha value is -2.13. The molecule has 0 saturated heterocycles. The number of methoxy groups -OCH3 is 1. The fourth-order valence-corrected chi connectivity index (χ4v) is 2.06. The highest BCUT2D eigenvalue weighted by Crippen LogP contribution is 2.23. The molecule has 0 aliphatic heterocycles. The van der Waals surface area contributed by atoms with Gasteiger partial charge in [0.15, 0.2) is 0 Å². The quantitative estimate of drug-likeness (QED) is 0.823. The number of benzene rings is 2. The zero-order valence-corrected chi connectivity index (χ0v) is 11.3. The van der Waals surface area contributed by atoms with E-state index in [0.29, 0.717) is 12.0 Å². The van der Waals surface area contributed by atoms with Gasteiger partial charge in [-0.25, -0.2) is 4.39 Å². The number of halogens is 1. The Morgan fingerprint density at radius 2 is 1.75 bits per heavy atom. The average Bonchev–Trinajstić information content (AvgIpc) is 2.47. The molecule has 2 nitrogen and oxygen atoms in total. The second kappa shape index (κ2) is 6.35. The van der Waals surface area contributed by atoms with E-state index in [9.17, 15) is 9.50 Å². The Morgan fingerprint density at radius 1 is 1.15 bits per heavy atom. The third-order valence-electron chi connectivity index (χ3n) is 3.23. The van der Waals surface area contributed by atoms with Crippen LogP contribution in [0.5, 0.6) is 0 Å². The molecule has 0 aromatic heterocycles. The number of aliphatic hydroxyl groups excluding tert-OH is 1. The van der Waals surface area contributed by atoms with Crippen molar-refractivity contribution in [3.05, 3.63) is 77.6 Å². The van der Waals surface area contributed by atoms with Gasteiger partial charge >= 0.3 is 0 Å². The lowest BCUT2D eigenvalue weighted by Crippen LogP contribution is -2.05. The third-order valence-corrected chi connectivity index (χ3v) is 3.23. The van der Waals surface area contributed by atoms with Crippen molar-refractivity contribution < 1.29 is 14.2 Å². The van der Waals surface area contributed by atoms with Crippen molar-refractivity contribution >= 4 is 5.76 Å². The normalized spacial score (nSPS) is 12.1. The van der Waals surface area contributed by atoms with Crippen LogP contribution in [0.1, 0.15) is 22.8 Å². The molecule has 1 N–H and O–H groups in total. The monoisotopic (exact) mass is 272 g/mol. The second-order valence-electron chi connectivity index (χ2n) is 4.62. The smallest absolute Gasteiger partial charge is 0.123 e. The number of hydrogen-bond donors (Lipinski definition) is 1. The van der Waals surface area contributed by atoms with Crippen LogP contribution in [0.15, 0.2) is 55.1 Å². The van der Waals surface area contributed by atoms with E-state index in [0.717, 1.165) is 11.1 Å². The summed E-state index contributed by atoms with van der Waals surface area (Å²) in [5, 5.41) is 9.31. The van der Waals surface area contributed by atoms with Gasteiger partial charge in [-0.2, -0.15) is 0 Å². The van der Waals surface area contributed by atoms with Crippen LogP contribution in [-0.4, -0.2) is 12.2 Å². The van der Waals surface area contributed by atoms with E-state index in [1.54, 1.807) is 31.4 Å². The molecule has 0 aliphatic rings. The second-order valence-corrected chi connectivity index (χ2v) is 4.62. The molecule has 20 heavy (non-hydrogen) atoms. The maximum atomic E-state index is 12.9. The van der Waals surface area contributed by atoms with Gasteiger partial charge in [0.25, 0.3) is 0 Å². The third kappa shape index (κ3) is 3.45. The van der Waals surface area contributed by atoms with Crippen LogP contribution in [0.4, 0.5) is 4.39 Å². The first kappa shape index (κ1) is 14.3. The Balaban J connectivity index is 2.15. The van der Waals surface area contributed by atoms with Crippen LogP contribution >= 0.6 is 0 Å². The van der Waals surface area contributed by atoms with E-state index in [4.69, 9.17) is 4.74 Å². The highest BCUT2D eigenvalue weighted by Gasteiger charge is 2.11. The van der Waals surface area contributed by atoms with Gasteiger partial charge < -0.3 is 9.84 Å². The minimum absolute atomic E-state index is 0.0454. The Morgan fingerprint density at radius 3 is 2.25 bits per heavy atom. The average molecular weight is 272 g/mol. The SMILES string of the molecule is C=C(O)c1ccc(C(Cc2ccc(F)cc2)OC)cc1. The maximum Gasteiger partial charge on any atom is 0.123 e. The molecule has 0 aliphatic carbocycles. The molecule has 1 atom stereocenters. The van der Waals surface area contributed by atoms with E-state index in [1.165, 1.54) is 12.1 Å². The highest BCUT2D eigenvalue weighted by molar-refractivity contribution is 5.56. The first-order valence-corrected chi connectivity index (χ1v) is 6.35. The van der Waals surface area contributed by atoms with E-state index >= 15 is 0 Å². The highest BCUT2D eigenvalue weighted by atomic mass is 19.1. The number of ether oxygens (including phenoxy) is 1. The summed E-state index contributed by atoms with van der Waals surface area (Å²) in [6, 6.07) is 13.8. The Bertz CT molecular complexity index is 573. The van der Waals surface area contributed by atoms with Crippen molar-refractivity contribution in [1.29, 1.82) is 0 Å². The summed E-state index contributed by atoms with van der Waals surface area (Å²) < 4.78 is 18.4. The van der Waals surface area contributed by atoms with E-state index in [1.807, 2.05) is 12.1 Å². The minimum atomic E-state index is -0.242. The summed E-state index contributed by atoms with van der Waals surface area (Å²) >= 11 is 0. The molecule has 0 bridgehead atoms. The number of aliphatic hydroxyl groups is 1. The molecule has 0 radical (unpaired) electrons. The minimum Gasteiger partial charge on any atom is -0.508 e. The molecule has 0 amide bonds. The molecule has 2 aromatic rings. The van der Waals surface area contributed by atoms with Crippen LogP contribution < -0.4 is 0 Å². The van der Waals surface area contributed by atoms with Gasteiger partial charge in [0, 0.05) is 19.1 Å². The van der Waals surface area contributed by atoms with Crippen molar-refractivity contribution in [2.75, 3.05) is 7.11 Å². The lowest BCUT2D eigenvalue weighted by Gasteiger charge is -2.16. The van der Waals surface area contributed by atoms with E-state index in [-0.39, 0.29) is 17.7 Å². The van der Waals surface area contributed by atoms with Gasteiger partial charge in [-0.05, 0) is 23.3 Å². The molecule has 0 saturated carbocycles. The molecule has 0 fully saturated rings. The predicted molar refractivity (Wildman–Crippen MR) is 78.0 cm³/mol. The lowest BCUT2D eigenvalue weighted by atomic mass is 10.00. The van der Waals surface area contributed by atoms with Crippen molar-refractivity contribution in [3.63, 3.8) is 0 Å². The molecular weight excluding hydrogens is 255 g/mol. The molecule has 3 heteroatoms. The lowest BCUT2D eigenvalue weighted by molar-refractivity contribution is 0.104. The summed E-state index contributed by atoms with van der Waals surface area (Å²) in [6.07, 6.45) is 0.553. The number of rotatable bonds is 5. The van der Waals surface area contributed by atoms with Gasteiger partial charge in [-0.15, -0.1) is 0 Å². The van der Waals surface area contributed by atoms with E-state index < -0.39 is 0 Å². The van der Waals surface area contributed by atoms with Crippen LogP contribution in [0.2, 0.25) is 0 Å². The zero-order chi connectivity index (χ0) is 14.5. The Kier molecular flexibility index (Phi) is 4.53. The van der Waals surface area contributed by atoms with Crippen LogP contribution in [0.3, 0.4) is 0 Å². The summed E-state index contributed by atoms with van der Waals surface area (Å²) in [5.41, 5.74) is 2.70. The van der Waals surface area contributed by atoms with Gasteiger partial charge in [-0.1, -0.05) is 43.0 Å². The molecule has 0 heterocycles. The maximum absolute atomic E-state index is 12.9. The predicted octanol–water partition coefficient (Wildman–Crippen LogP) is 4.28.